The van der Waals surface area contributed by atoms with Gasteiger partial charge in [-0.15, -0.1) is 0 Å². The summed E-state index contributed by atoms with van der Waals surface area (Å²) in [6.07, 6.45) is 4.31. The number of allylic oxidation sites excluding steroid dienone is 1. The van der Waals surface area contributed by atoms with Crippen molar-refractivity contribution < 1.29 is 23.4 Å². The maximum absolute atomic E-state index is 12.5. The number of aryl methyl sites for hydroxylation is 1. The summed E-state index contributed by atoms with van der Waals surface area (Å²) in [5.41, 5.74) is 8.67. The van der Waals surface area contributed by atoms with Gasteiger partial charge in [0, 0.05) is 25.2 Å². The van der Waals surface area contributed by atoms with Gasteiger partial charge < -0.3 is 19.1 Å². The average Bonchev–Trinajstić information content (AvgIpc) is 3.16. The highest BCUT2D eigenvalue weighted by atomic mass is 19.1. The fourth-order valence-corrected chi connectivity index (χ4v) is 6.17. The molecule has 0 N–H and O–H groups in total. The molecule has 40 heavy (non-hydrogen) atoms. The summed E-state index contributed by atoms with van der Waals surface area (Å²) in [4.78, 5) is 14.7. The van der Waals surface area contributed by atoms with Crippen molar-refractivity contribution in [2.24, 2.45) is 5.92 Å². The monoisotopic (exact) mass is 543 g/mol. The summed E-state index contributed by atoms with van der Waals surface area (Å²) in [5.74, 6) is 1.73. The molecule has 2 aliphatic rings. The summed E-state index contributed by atoms with van der Waals surface area (Å²) in [6.45, 7) is 2.70. The van der Waals surface area contributed by atoms with Crippen molar-refractivity contribution in [3.05, 3.63) is 94.0 Å². The van der Waals surface area contributed by atoms with Crippen LogP contribution in [0.15, 0.2) is 60.7 Å². The quantitative estimate of drug-likeness (QED) is 0.269. The van der Waals surface area contributed by atoms with Crippen LogP contribution in [0.2, 0.25) is 0 Å². The molecule has 1 saturated heterocycles. The van der Waals surface area contributed by atoms with Gasteiger partial charge in [-0.3, -0.25) is 4.39 Å². The molecular formula is C34H38FNO4. The fourth-order valence-electron chi connectivity index (χ4n) is 6.17. The van der Waals surface area contributed by atoms with Gasteiger partial charge in [-0.1, -0.05) is 42.5 Å². The van der Waals surface area contributed by atoms with Crippen LogP contribution in [0.5, 0.6) is 11.5 Å². The second-order valence-electron chi connectivity index (χ2n) is 10.7. The smallest absolute Gasteiger partial charge is 0.337 e. The molecule has 0 aromatic heterocycles. The molecule has 1 heterocycles. The molecular weight excluding hydrogens is 505 g/mol. The number of esters is 1. The number of hydrogen-bond acceptors (Lipinski definition) is 5. The number of likely N-dealkylation sites (tertiary alicyclic amines) is 1. The molecule has 0 saturated carbocycles. The second kappa shape index (κ2) is 12.7. The van der Waals surface area contributed by atoms with E-state index in [-0.39, 0.29) is 12.6 Å². The number of hydrogen-bond donors (Lipinski definition) is 0. The number of carbonyl (C=O) groups is 1. The van der Waals surface area contributed by atoms with Crippen LogP contribution < -0.4 is 9.47 Å². The number of benzene rings is 3. The molecule has 0 radical (unpaired) electrons. The number of carbonyl (C=O) groups excluding carboxylic acids is 1. The van der Waals surface area contributed by atoms with E-state index in [1.54, 1.807) is 14.2 Å². The number of ether oxygens (including phenoxy) is 3. The van der Waals surface area contributed by atoms with Gasteiger partial charge in [0.15, 0.2) is 11.5 Å². The predicted octanol–water partition coefficient (Wildman–Crippen LogP) is 6.62. The van der Waals surface area contributed by atoms with Gasteiger partial charge in [-0.05, 0) is 89.6 Å². The first-order valence-electron chi connectivity index (χ1n) is 14.1. The Morgan fingerprint density at radius 2 is 1.75 bits per heavy atom. The number of nitrogens with zero attached hydrogens (tertiary/aromatic N) is 1. The highest BCUT2D eigenvalue weighted by Gasteiger charge is 2.27. The Morgan fingerprint density at radius 3 is 2.45 bits per heavy atom. The lowest BCUT2D eigenvalue weighted by atomic mass is 9.86. The van der Waals surface area contributed by atoms with Gasteiger partial charge in [0.2, 0.25) is 0 Å². The standard InChI is InChI=1S/C34H38FNO4/c1-38-31-10-5-9-30(33(31)39-2)29-8-4-7-26-20-27(34(37)40-3)15-16-28(26)32(29)25-13-11-23(12-14-25)19-24-21-36(22-24)18-6-17-35/h5,9-16,20,24H,4,6-8,17-19,21-22H2,1-3H3. The van der Waals surface area contributed by atoms with Crippen LogP contribution >= 0.6 is 0 Å². The third-order valence-corrected chi connectivity index (χ3v) is 8.11. The van der Waals surface area contributed by atoms with E-state index in [1.165, 1.54) is 18.2 Å². The van der Waals surface area contributed by atoms with Gasteiger partial charge in [0.05, 0.1) is 33.6 Å². The number of rotatable bonds is 10. The van der Waals surface area contributed by atoms with Crippen LogP contribution in [0.1, 0.15) is 57.4 Å². The Hall–Kier alpha value is -3.64. The van der Waals surface area contributed by atoms with Crippen LogP contribution in [-0.2, 0) is 17.6 Å². The molecule has 0 unspecified atom stereocenters. The molecule has 1 aliphatic carbocycles. The minimum atomic E-state index is -0.323. The van der Waals surface area contributed by atoms with Crippen molar-refractivity contribution in [2.75, 3.05) is 47.6 Å². The molecule has 0 spiro atoms. The van der Waals surface area contributed by atoms with Crippen molar-refractivity contribution in [2.45, 2.75) is 32.1 Å². The molecule has 3 aromatic rings. The predicted molar refractivity (Wildman–Crippen MR) is 157 cm³/mol. The first-order valence-corrected chi connectivity index (χ1v) is 14.1. The zero-order valence-electron chi connectivity index (χ0n) is 23.7. The maximum Gasteiger partial charge on any atom is 0.337 e. The average molecular weight is 544 g/mol. The lowest BCUT2D eigenvalue weighted by molar-refractivity contribution is 0.0600. The Balaban J connectivity index is 1.55. The number of halogens is 1. The van der Waals surface area contributed by atoms with Gasteiger partial charge in [0.25, 0.3) is 0 Å². The summed E-state index contributed by atoms with van der Waals surface area (Å²) in [5, 5.41) is 0. The van der Waals surface area contributed by atoms with Crippen LogP contribution in [0, 0.1) is 5.92 Å². The second-order valence-corrected chi connectivity index (χ2v) is 10.7. The Labute approximate surface area is 236 Å². The number of para-hydroxylation sites is 1. The molecule has 6 heteroatoms. The highest BCUT2D eigenvalue weighted by molar-refractivity contribution is 6.02. The van der Waals surface area contributed by atoms with Crippen molar-refractivity contribution in [1.29, 1.82) is 0 Å². The Morgan fingerprint density at radius 1 is 0.950 bits per heavy atom. The van der Waals surface area contributed by atoms with Crippen molar-refractivity contribution >= 4 is 17.1 Å². The zero-order chi connectivity index (χ0) is 28.1. The van der Waals surface area contributed by atoms with Crippen molar-refractivity contribution in [3.63, 3.8) is 0 Å². The van der Waals surface area contributed by atoms with Gasteiger partial charge in [-0.25, -0.2) is 4.79 Å². The highest BCUT2D eigenvalue weighted by Crippen LogP contribution is 2.45. The van der Waals surface area contributed by atoms with E-state index in [4.69, 9.17) is 14.2 Å². The Bertz CT molecular complexity index is 1380. The molecule has 1 aliphatic heterocycles. The molecule has 0 bridgehead atoms. The number of methoxy groups -OCH3 is 3. The van der Waals surface area contributed by atoms with E-state index in [1.807, 2.05) is 24.3 Å². The van der Waals surface area contributed by atoms with Crippen molar-refractivity contribution in [3.8, 4) is 11.5 Å². The lowest BCUT2D eigenvalue weighted by Gasteiger charge is -2.39. The van der Waals surface area contributed by atoms with E-state index < -0.39 is 0 Å². The van der Waals surface area contributed by atoms with Crippen LogP contribution in [0.4, 0.5) is 4.39 Å². The topological polar surface area (TPSA) is 48.0 Å². The third kappa shape index (κ3) is 5.78. The van der Waals surface area contributed by atoms with E-state index in [0.717, 1.165) is 78.9 Å². The molecule has 5 rings (SSSR count). The van der Waals surface area contributed by atoms with Gasteiger partial charge in [-0.2, -0.15) is 0 Å². The van der Waals surface area contributed by atoms with E-state index in [2.05, 4.69) is 41.3 Å². The molecule has 3 aromatic carbocycles. The molecule has 1 fully saturated rings. The number of fused-ring (bicyclic) bond motifs is 1. The minimum absolute atomic E-state index is 0.241. The van der Waals surface area contributed by atoms with E-state index in [0.29, 0.717) is 23.7 Å². The summed E-state index contributed by atoms with van der Waals surface area (Å²) in [6, 6.07) is 20.8. The normalized spacial score (nSPS) is 15.7. The number of alkyl halides is 1. The molecule has 5 nitrogen and oxygen atoms in total. The summed E-state index contributed by atoms with van der Waals surface area (Å²) >= 11 is 0. The lowest BCUT2D eigenvalue weighted by Crippen LogP contribution is -2.47. The first-order chi connectivity index (χ1) is 19.6. The van der Waals surface area contributed by atoms with Crippen LogP contribution in [0.25, 0.3) is 11.1 Å². The van der Waals surface area contributed by atoms with Crippen LogP contribution in [0.3, 0.4) is 0 Å². The van der Waals surface area contributed by atoms with Crippen molar-refractivity contribution in [1.82, 2.24) is 4.90 Å². The first kappa shape index (κ1) is 27.9. The van der Waals surface area contributed by atoms with E-state index in [9.17, 15) is 9.18 Å². The van der Waals surface area contributed by atoms with Gasteiger partial charge in [0.1, 0.15) is 0 Å². The SMILES string of the molecule is COC(=O)c1ccc2c(c1)CCCC(c1cccc(OC)c1OC)=C2c1ccc(CC2CN(CCCF)C2)cc1. The largest absolute Gasteiger partial charge is 0.493 e. The Kier molecular flexibility index (Phi) is 8.85. The fraction of sp³-hybridized carbons (Fsp3) is 0.382. The molecule has 210 valence electrons. The minimum Gasteiger partial charge on any atom is -0.493 e. The third-order valence-electron chi connectivity index (χ3n) is 8.11. The molecule has 0 atom stereocenters. The summed E-state index contributed by atoms with van der Waals surface area (Å²) in [7, 11) is 4.76. The van der Waals surface area contributed by atoms with Gasteiger partial charge >= 0.3 is 5.97 Å². The zero-order valence-corrected chi connectivity index (χ0v) is 23.7. The van der Waals surface area contributed by atoms with E-state index >= 15 is 0 Å². The maximum atomic E-state index is 12.5. The molecule has 0 amide bonds. The van der Waals surface area contributed by atoms with Crippen LogP contribution in [-0.4, -0.2) is 58.5 Å². The summed E-state index contributed by atoms with van der Waals surface area (Å²) < 4.78 is 29.0.